The zero-order chi connectivity index (χ0) is 23.3. The highest BCUT2D eigenvalue weighted by Gasteiger charge is 2.35. The van der Waals surface area contributed by atoms with Crippen LogP contribution in [-0.4, -0.2) is 65.8 Å². The van der Waals surface area contributed by atoms with Crippen LogP contribution >= 0.6 is 11.3 Å². The van der Waals surface area contributed by atoms with Crippen LogP contribution in [0.4, 0.5) is 0 Å². The fourth-order valence-electron chi connectivity index (χ4n) is 3.98. The van der Waals surface area contributed by atoms with E-state index < -0.39 is 5.60 Å². The third-order valence-corrected chi connectivity index (χ3v) is 7.13. The van der Waals surface area contributed by atoms with Gasteiger partial charge in [-0.15, -0.1) is 17.9 Å². The summed E-state index contributed by atoms with van der Waals surface area (Å²) in [6, 6.07) is 9.24. The van der Waals surface area contributed by atoms with Gasteiger partial charge in [0.2, 0.25) is 5.91 Å². The van der Waals surface area contributed by atoms with Crippen LogP contribution in [0.5, 0.6) is 11.5 Å². The molecular weight excluding hydrogens is 424 g/mol. The number of rotatable bonds is 10. The fraction of sp³-hybridized carbons (Fsp3) is 0.480. The lowest BCUT2D eigenvalue weighted by Gasteiger charge is -2.40. The average molecular weight is 459 g/mol. The summed E-state index contributed by atoms with van der Waals surface area (Å²) in [6.45, 7) is 11.0. The molecule has 7 heteroatoms. The van der Waals surface area contributed by atoms with Crippen molar-refractivity contribution in [3.05, 3.63) is 58.8 Å². The van der Waals surface area contributed by atoms with E-state index in [9.17, 15) is 9.90 Å². The lowest BCUT2D eigenvalue weighted by molar-refractivity contribution is -0.137. The summed E-state index contributed by atoms with van der Waals surface area (Å²) >= 11 is 1.73. The Morgan fingerprint density at radius 3 is 2.84 bits per heavy atom. The second kappa shape index (κ2) is 10.5. The number of thiophene rings is 1. The van der Waals surface area contributed by atoms with Crippen LogP contribution in [0, 0.1) is 0 Å². The summed E-state index contributed by atoms with van der Waals surface area (Å²) in [5, 5.41) is 12.6. The molecule has 2 heterocycles. The Balaban J connectivity index is 1.78. The molecule has 0 radical (unpaired) electrons. The Bertz CT molecular complexity index is 921. The average Bonchev–Trinajstić information content (AvgIpc) is 3.25. The monoisotopic (exact) mass is 458 g/mol. The van der Waals surface area contributed by atoms with Gasteiger partial charge in [-0.25, -0.2) is 0 Å². The normalized spacial score (nSPS) is 17.1. The number of hydrogen-bond acceptors (Lipinski definition) is 6. The summed E-state index contributed by atoms with van der Waals surface area (Å²) in [6.07, 6.45) is 2.61. The molecule has 1 aromatic carbocycles. The predicted molar refractivity (Wildman–Crippen MR) is 128 cm³/mol. The third kappa shape index (κ3) is 5.71. The van der Waals surface area contributed by atoms with Crippen molar-refractivity contribution in [2.24, 2.45) is 0 Å². The first kappa shape index (κ1) is 24.3. The summed E-state index contributed by atoms with van der Waals surface area (Å²) in [4.78, 5) is 18.7. The van der Waals surface area contributed by atoms with E-state index >= 15 is 0 Å². The topological polar surface area (TPSA) is 62.2 Å². The quantitative estimate of drug-likeness (QED) is 0.547. The molecule has 0 saturated heterocycles. The second-order valence-electron chi connectivity index (χ2n) is 8.69. The van der Waals surface area contributed by atoms with Gasteiger partial charge < -0.3 is 19.5 Å². The number of fused-ring (bicyclic) bond motifs is 1. The summed E-state index contributed by atoms with van der Waals surface area (Å²) in [7, 11) is 1.63. The molecule has 3 rings (SSSR count). The number of carbonyl (C=O) groups excluding carboxylic acids is 1. The van der Waals surface area contributed by atoms with E-state index in [1.54, 1.807) is 38.4 Å². The van der Waals surface area contributed by atoms with Crippen LogP contribution in [0.2, 0.25) is 0 Å². The molecule has 1 aliphatic heterocycles. The third-order valence-electron chi connectivity index (χ3n) is 6.14. The SMILES string of the molecule is C=CCN(CC(=O)N1CCc2sccc2[C@@H]1COc1cccc(OC)c1)[C@@H](C)C(C)(C)O. The number of ether oxygens (including phenoxy) is 2. The molecule has 0 fully saturated rings. The van der Waals surface area contributed by atoms with Crippen LogP contribution in [0.15, 0.2) is 48.4 Å². The number of aliphatic hydroxyl groups is 1. The standard InChI is InChI=1S/C25H34N2O4S/c1-6-12-26(18(2)25(3,4)29)16-24(28)27-13-10-23-21(11-14-32-23)22(27)17-31-20-9-7-8-19(15-20)30-5/h6-9,11,14-15,18,22,29H,1,10,12-13,16-17H2,2-5H3/t18-,22-/m0/s1. The molecule has 1 N–H and O–H groups in total. The fourth-order valence-corrected chi connectivity index (χ4v) is 4.91. The largest absolute Gasteiger partial charge is 0.497 e. The molecule has 0 unspecified atom stereocenters. The number of nitrogens with zero attached hydrogens (tertiary/aromatic N) is 2. The van der Waals surface area contributed by atoms with Crippen LogP contribution in [0.3, 0.4) is 0 Å². The van der Waals surface area contributed by atoms with Gasteiger partial charge in [-0.3, -0.25) is 9.69 Å². The van der Waals surface area contributed by atoms with Gasteiger partial charge in [0.15, 0.2) is 0 Å². The minimum atomic E-state index is -0.930. The van der Waals surface area contributed by atoms with E-state index in [1.165, 1.54) is 4.88 Å². The van der Waals surface area contributed by atoms with Gasteiger partial charge in [-0.1, -0.05) is 12.1 Å². The van der Waals surface area contributed by atoms with Crippen molar-refractivity contribution >= 4 is 17.2 Å². The Labute approximate surface area is 195 Å². The van der Waals surface area contributed by atoms with Crippen LogP contribution in [0.25, 0.3) is 0 Å². The number of hydrogen-bond donors (Lipinski definition) is 1. The number of amides is 1. The van der Waals surface area contributed by atoms with Gasteiger partial charge in [-0.05, 0) is 56.3 Å². The molecule has 2 aromatic rings. The zero-order valence-electron chi connectivity index (χ0n) is 19.4. The maximum Gasteiger partial charge on any atom is 0.237 e. The number of benzene rings is 1. The molecule has 1 aliphatic rings. The van der Waals surface area contributed by atoms with E-state index in [4.69, 9.17) is 9.47 Å². The van der Waals surface area contributed by atoms with Crippen molar-refractivity contribution in [1.82, 2.24) is 9.80 Å². The molecule has 0 aliphatic carbocycles. The summed E-state index contributed by atoms with van der Waals surface area (Å²) < 4.78 is 11.4. The Morgan fingerprint density at radius 2 is 2.16 bits per heavy atom. The van der Waals surface area contributed by atoms with E-state index in [0.717, 1.165) is 17.7 Å². The molecule has 0 spiro atoms. The maximum absolute atomic E-state index is 13.5. The first-order valence-electron chi connectivity index (χ1n) is 10.9. The molecule has 1 aromatic heterocycles. The van der Waals surface area contributed by atoms with Gasteiger partial charge in [0.1, 0.15) is 18.1 Å². The van der Waals surface area contributed by atoms with E-state index in [2.05, 4.69) is 18.0 Å². The van der Waals surface area contributed by atoms with Crippen molar-refractivity contribution in [3.63, 3.8) is 0 Å². The van der Waals surface area contributed by atoms with Crippen molar-refractivity contribution in [2.45, 2.75) is 44.9 Å². The molecule has 32 heavy (non-hydrogen) atoms. The van der Waals surface area contributed by atoms with Gasteiger partial charge in [0.05, 0.1) is 25.3 Å². The van der Waals surface area contributed by atoms with E-state index in [-0.39, 0.29) is 24.5 Å². The Morgan fingerprint density at radius 1 is 1.41 bits per heavy atom. The molecule has 6 nitrogen and oxygen atoms in total. The molecule has 0 bridgehead atoms. The van der Waals surface area contributed by atoms with E-state index in [0.29, 0.717) is 25.4 Å². The van der Waals surface area contributed by atoms with Gasteiger partial charge in [0.25, 0.3) is 0 Å². The highest BCUT2D eigenvalue weighted by molar-refractivity contribution is 7.10. The Kier molecular flexibility index (Phi) is 7.98. The van der Waals surface area contributed by atoms with Crippen molar-refractivity contribution in [1.29, 1.82) is 0 Å². The van der Waals surface area contributed by atoms with Crippen molar-refractivity contribution in [2.75, 3.05) is 33.4 Å². The van der Waals surface area contributed by atoms with Gasteiger partial charge in [-0.2, -0.15) is 0 Å². The molecule has 1 amide bonds. The number of carbonyl (C=O) groups is 1. The molecule has 0 saturated carbocycles. The zero-order valence-corrected chi connectivity index (χ0v) is 20.2. The van der Waals surface area contributed by atoms with Gasteiger partial charge >= 0.3 is 0 Å². The highest BCUT2D eigenvalue weighted by atomic mass is 32.1. The second-order valence-corrected chi connectivity index (χ2v) is 9.69. The summed E-state index contributed by atoms with van der Waals surface area (Å²) in [5.41, 5.74) is 0.226. The van der Waals surface area contributed by atoms with Crippen LogP contribution in [0.1, 0.15) is 37.3 Å². The lowest BCUT2D eigenvalue weighted by atomic mass is 9.98. The van der Waals surface area contributed by atoms with E-state index in [1.807, 2.05) is 41.0 Å². The lowest BCUT2D eigenvalue weighted by Crippen LogP contribution is -2.53. The van der Waals surface area contributed by atoms with Crippen LogP contribution in [-0.2, 0) is 11.2 Å². The smallest absolute Gasteiger partial charge is 0.237 e. The Hall–Kier alpha value is -2.35. The van der Waals surface area contributed by atoms with Crippen molar-refractivity contribution in [3.8, 4) is 11.5 Å². The maximum atomic E-state index is 13.5. The summed E-state index contributed by atoms with van der Waals surface area (Å²) in [5.74, 6) is 1.47. The highest BCUT2D eigenvalue weighted by Crippen LogP contribution is 2.34. The molecular formula is C25H34N2O4S. The molecule has 2 atom stereocenters. The first-order valence-corrected chi connectivity index (χ1v) is 11.8. The van der Waals surface area contributed by atoms with Crippen molar-refractivity contribution < 1.29 is 19.4 Å². The molecule has 174 valence electrons. The minimum absolute atomic E-state index is 0.0269. The minimum Gasteiger partial charge on any atom is -0.497 e. The predicted octanol–water partition coefficient (Wildman–Crippen LogP) is 3.91. The van der Waals surface area contributed by atoms with Gasteiger partial charge in [0, 0.05) is 30.1 Å². The number of methoxy groups -OCH3 is 1. The van der Waals surface area contributed by atoms with Crippen LogP contribution < -0.4 is 9.47 Å². The first-order chi connectivity index (χ1) is 15.2.